The van der Waals surface area contributed by atoms with E-state index in [1.807, 2.05) is 24.3 Å². The monoisotopic (exact) mass is 283 g/mol. The van der Waals surface area contributed by atoms with Gasteiger partial charge in [0, 0.05) is 6.54 Å². The van der Waals surface area contributed by atoms with Crippen molar-refractivity contribution in [3.05, 3.63) is 64.7 Å². The number of aryl methyl sites for hydroxylation is 2. The van der Waals surface area contributed by atoms with Gasteiger partial charge in [-0.3, -0.25) is 4.79 Å². The van der Waals surface area contributed by atoms with Gasteiger partial charge in [-0.05, 0) is 54.7 Å². The zero-order valence-electron chi connectivity index (χ0n) is 12.5. The first-order valence-corrected chi connectivity index (χ1v) is 7.15. The molecule has 3 heteroatoms. The quantitative estimate of drug-likeness (QED) is 0.886. The molecule has 0 aliphatic rings. The molecule has 2 aromatic rings. The van der Waals surface area contributed by atoms with E-state index < -0.39 is 0 Å². The first-order chi connectivity index (χ1) is 10.0. The number of rotatable bonds is 5. The third-order valence-corrected chi connectivity index (χ3v) is 3.61. The molecule has 0 bridgehead atoms. The van der Waals surface area contributed by atoms with Crippen LogP contribution >= 0.6 is 0 Å². The summed E-state index contributed by atoms with van der Waals surface area (Å²) in [4.78, 5) is 11.9. The lowest BCUT2D eigenvalue weighted by atomic mass is 10.0. The first-order valence-electron chi connectivity index (χ1n) is 7.15. The molecule has 0 saturated heterocycles. The molecule has 2 rings (SSSR count). The van der Waals surface area contributed by atoms with Gasteiger partial charge in [-0.15, -0.1) is 0 Å². The topological polar surface area (TPSA) is 49.3 Å². The molecule has 0 saturated carbocycles. The highest BCUT2D eigenvalue weighted by molar-refractivity contribution is 5.78. The van der Waals surface area contributed by atoms with Crippen LogP contribution in [0.1, 0.15) is 22.3 Å². The largest absolute Gasteiger partial charge is 0.508 e. The number of carbonyl (C=O) groups excluding carboxylic acids is 1. The number of hydrogen-bond donors (Lipinski definition) is 2. The molecule has 0 radical (unpaired) electrons. The van der Waals surface area contributed by atoms with Gasteiger partial charge in [-0.2, -0.15) is 0 Å². The molecule has 21 heavy (non-hydrogen) atoms. The van der Waals surface area contributed by atoms with Crippen molar-refractivity contribution in [2.24, 2.45) is 0 Å². The Morgan fingerprint density at radius 2 is 1.67 bits per heavy atom. The fraction of sp³-hybridized carbons (Fsp3) is 0.278. The Bertz CT molecular complexity index is 618. The van der Waals surface area contributed by atoms with E-state index in [0.717, 1.165) is 17.5 Å². The lowest BCUT2D eigenvalue weighted by molar-refractivity contribution is -0.120. The van der Waals surface area contributed by atoms with Crippen LogP contribution in [-0.4, -0.2) is 17.6 Å². The lowest BCUT2D eigenvalue weighted by Crippen LogP contribution is -2.27. The molecule has 2 aromatic carbocycles. The number of phenols is 1. The van der Waals surface area contributed by atoms with Crippen molar-refractivity contribution >= 4 is 5.91 Å². The highest BCUT2D eigenvalue weighted by atomic mass is 16.3. The second kappa shape index (κ2) is 6.93. The highest BCUT2D eigenvalue weighted by Gasteiger charge is 2.04. The van der Waals surface area contributed by atoms with Crippen molar-refractivity contribution in [2.75, 3.05) is 6.54 Å². The van der Waals surface area contributed by atoms with E-state index in [-0.39, 0.29) is 11.7 Å². The first kappa shape index (κ1) is 15.1. The SMILES string of the molecule is Cc1ccc(CC(=O)NCCc2ccc(O)cc2)cc1C. The number of phenolic OH excluding ortho intramolecular Hbond substituents is 1. The summed E-state index contributed by atoms with van der Waals surface area (Å²) in [6.45, 7) is 4.73. The van der Waals surface area contributed by atoms with E-state index >= 15 is 0 Å². The van der Waals surface area contributed by atoms with Crippen molar-refractivity contribution in [2.45, 2.75) is 26.7 Å². The Morgan fingerprint density at radius 1 is 1.00 bits per heavy atom. The van der Waals surface area contributed by atoms with Crippen LogP contribution in [0, 0.1) is 13.8 Å². The minimum Gasteiger partial charge on any atom is -0.508 e. The molecule has 0 heterocycles. The summed E-state index contributed by atoms with van der Waals surface area (Å²) in [7, 11) is 0. The predicted molar refractivity (Wildman–Crippen MR) is 84.4 cm³/mol. The maximum Gasteiger partial charge on any atom is 0.224 e. The van der Waals surface area contributed by atoms with Crippen LogP contribution in [0.5, 0.6) is 5.75 Å². The minimum absolute atomic E-state index is 0.0389. The van der Waals surface area contributed by atoms with Gasteiger partial charge in [0.25, 0.3) is 0 Å². The van der Waals surface area contributed by atoms with Gasteiger partial charge in [-0.1, -0.05) is 30.3 Å². The van der Waals surface area contributed by atoms with Gasteiger partial charge in [0.15, 0.2) is 0 Å². The van der Waals surface area contributed by atoms with Crippen LogP contribution in [0.25, 0.3) is 0 Å². The summed E-state index contributed by atoms with van der Waals surface area (Å²) in [5.74, 6) is 0.301. The molecule has 0 aromatic heterocycles. The molecule has 0 unspecified atom stereocenters. The molecular formula is C18H21NO2. The van der Waals surface area contributed by atoms with Gasteiger partial charge >= 0.3 is 0 Å². The highest BCUT2D eigenvalue weighted by Crippen LogP contribution is 2.11. The van der Waals surface area contributed by atoms with Gasteiger partial charge in [0.1, 0.15) is 5.75 Å². The number of nitrogens with one attached hydrogen (secondary N) is 1. The summed E-state index contributed by atoms with van der Waals surface area (Å²) < 4.78 is 0. The number of hydrogen-bond acceptors (Lipinski definition) is 2. The van der Waals surface area contributed by atoms with Crippen molar-refractivity contribution in [1.82, 2.24) is 5.32 Å². The molecule has 0 aliphatic heterocycles. The fourth-order valence-corrected chi connectivity index (χ4v) is 2.17. The standard InChI is InChI=1S/C18H21NO2/c1-13-3-4-16(11-14(13)2)12-18(21)19-10-9-15-5-7-17(20)8-6-15/h3-8,11,20H,9-10,12H2,1-2H3,(H,19,21). The number of amides is 1. The van der Waals surface area contributed by atoms with Crippen molar-refractivity contribution in [3.63, 3.8) is 0 Å². The van der Waals surface area contributed by atoms with Crippen LogP contribution in [-0.2, 0) is 17.6 Å². The Balaban J connectivity index is 1.79. The van der Waals surface area contributed by atoms with Crippen LogP contribution in [0.15, 0.2) is 42.5 Å². The summed E-state index contributed by atoms with van der Waals surface area (Å²) in [6, 6.07) is 13.2. The van der Waals surface area contributed by atoms with Crippen LogP contribution in [0.2, 0.25) is 0 Å². The van der Waals surface area contributed by atoms with Crippen molar-refractivity contribution < 1.29 is 9.90 Å². The van der Waals surface area contributed by atoms with Crippen LogP contribution < -0.4 is 5.32 Å². The molecule has 2 N–H and O–H groups in total. The second-order valence-electron chi connectivity index (χ2n) is 5.36. The van der Waals surface area contributed by atoms with Crippen molar-refractivity contribution in [3.8, 4) is 5.75 Å². The third kappa shape index (κ3) is 4.63. The number of aromatic hydroxyl groups is 1. The van der Waals surface area contributed by atoms with E-state index in [9.17, 15) is 9.90 Å². The Kier molecular flexibility index (Phi) is 4.99. The van der Waals surface area contributed by atoms with Crippen LogP contribution in [0.3, 0.4) is 0 Å². The molecule has 0 aliphatic carbocycles. The van der Waals surface area contributed by atoms with Gasteiger partial charge < -0.3 is 10.4 Å². The maximum atomic E-state index is 11.9. The number of carbonyl (C=O) groups is 1. The molecular weight excluding hydrogens is 262 g/mol. The van der Waals surface area contributed by atoms with E-state index in [4.69, 9.17) is 0 Å². The second-order valence-corrected chi connectivity index (χ2v) is 5.36. The molecule has 0 atom stereocenters. The third-order valence-electron chi connectivity index (χ3n) is 3.61. The Labute approximate surface area is 125 Å². The maximum absolute atomic E-state index is 11.9. The molecule has 0 fully saturated rings. The zero-order chi connectivity index (χ0) is 15.2. The molecule has 1 amide bonds. The van der Waals surface area contributed by atoms with Gasteiger partial charge in [-0.25, -0.2) is 0 Å². The summed E-state index contributed by atoms with van der Waals surface area (Å²) in [6.07, 6.45) is 1.18. The van der Waals surface area contributed by atoms with E-state index in [2.05, 4.69) is 25.2 Å². The summed E-state index contributed by atoms with van der Waals surface area (Å²) in [5, 5.41) is 12.1. The van der Waals surface area contributed by atoms with Gasteiger partial charge in [0.05, 0.1) is 6.42 Å². The van der Waals surface area contributed by atoms with E-state index in [1.165, 1.54) is 11.1 Å². The summed E-state index contributed by atoms with van der Waals surface area (Å²) in [5.41, 5.74) is 4.59. The average Bonchev–Trinajstić information content (AvgIpc) is 2.45. The average molecular weight is 283 g/mol. The summed E-state index contributed by atoms with van der Waals surface area (Å²) >= 11 is 0. The fourth-order valence-electron chi connectivity index (χ4n) is 2.17. The smallest absolute Gasteiger partial charge is 0.224 e. The van der Waals surface area contributed by atoms with Crippen LogP contribution in [0.4, 0.5) is 0 Å². The minimum atomic E-state index is 0.0389. The predicted octanol–water partition coefficient (Wildman–Crippen LogP) is 2.91. The Morgan fingerprint density at radius 3 is 2.33 bits per heavy atom. The lowest BCUT2D eigenvalue weighted by Gasteiger charge is -2.07. The van der Waals surface area contributed by atoms with Gasteiger partial charge in [0.2, 0.25) is 5.91 Å². The number of benzene rings is 2. The molecule has 3 nitrogen and oxygen atoms in total. The normalized spacial score (nSPS) is 10.4. The van der Waals surface area contributed by atoms with Crippen molar-refractivity contribution in [1.29, 1.82) is 0 Å². The molecule has 110 valence electrons. The Hall–Kier alpha value is -2.29. The zero-order valence-corrected chi connectivity index (χ0v) is 12.5. The van der Waals surface area contributed by atoms with E-state index in [0.29, 0.717) is 13.0 Å². The molecule has 0 spiro atoms. The van der Waals surface area contributed by atoms with E-state index in [1.54, 1.807) is 12.1 Å².